The molecule has 0 aliphatic rings. The van der Waals surface area contributed by atoms with Crippen molar-refractivity contribution in [3.63, 3.8) is 0 Å². The van der Waals surface area contributed by atoms with Gasteiger partial charge < -0.3 is 21.1 Å². The average Bonchev–Trinajstić information content (AvgIpc) is 3.07. The van der Waals surface area contributed by atoms with Crippen molar-refractivity contribution >= 4 is 25.4 Å². The van der Waals surface area contributed by atoms with Crippen molar-refractivity contribution in [2.24, 2.45) is 5.73 Å². The Labute approximate surface area is 164 Å². The third-order valence-electron chi connectivity index (χ3n) is 3.99. The van der Waals surface area contributed by atoms with Gasteiger partial charge >= 0.3 is 7.12 Å². The number of nitrogens with two attached hydrogens (primary N) is 1. The van der Waals surface area contributed by atoms with E-state index in [1.807, 2.05) is 30.3 Å². The highest BCUT2D eigenvalue weighted by Crippen LogP contribution is 2.14. The van der Waals surface area contributed by atoms with Crippen molar-refractivity contribution in [3.05, 3.63) is 41.7 Å². The van der Waals surface area contributed by atoms with Crippen LogP contribution in [-0.4, -0.2) is 49.8 Å². The van der Waals surface area contributed by atoms with E-state index < -0.39 is 13.2 Å². The number of carbonyl (C=O) groups excluding carboxylic acids is 1. The van der Waals surface area contributed by atoms with Gasteiger partial charge in [0.2, 0.25) is 5.91 Å². The normalized spacial score (nSPS) is 11.5. The van der Waals surface area contributed by atoms with Gasteiger partial charge in [0.15, 0.2) is 5.82 Å². The van der Waals surface area contributed by atoms with Crippen molar-refractivity contribution in [1.29, 1.82) is 0 Å². The van der Waals surface area contributed by atoms with E-state index in [4.69, 9.17) is 15.8 Å². The SMILES string of the molecule is Cl.NC(CCCCB(O)O)c1nnnn1CC(=O)NCCc1ccccc1. The molecule has 2 rings (SSSR count). The number of hydrogen-bond donors (Lipinski definition) is 4. The molecule has 0 saturated heterocycles. The zero-order valence-corrected chi connectivity index (χ0v) is 15.9. The largest absolute Gasteiger partial charge is 0.451 e. The highest BCUT2D eigenvalue weighted by Gasteiger charge is 2.17. The summed E-state index contributed by atoms with van der Waals surface area (Å²) in [6, 6.07) is 9.51. The molecule has 5 N–H and O–H groups in total. The third kappa shape index (κ3) is 8.48. The van der Waals surface area contributed by atoms with E-state index >= 15 is 0 Å². The number of nitrogens with zero attached hydrogens (tertiary/aromatic N) is 4. The van der Waals surface area contributed by atoms with Crippen molar-refractivity contribution in [1.82, 2.24) is 25.5 Å². The lowest BCUT2D eigenvalue weighted by molar-refractivity contribution is -0.121. The molecule has 0 fully saturated rings. The van der Waals surface area contributed by atoms with Crippen molar-refractivity contribution < 1.29 is 14.8 Å². The molecule has 148 valence electrons. The summed E-state index contributed by atoms with van der Waals surface area (Å²) in [6.07, 6.45) is 3.03. The van der Waals surface area contributed by atoms with Crippen molar-refractivity contribution in [2.75, 3.05) is 6.54 Å². The number of benzene rings is 1. The van der Waals surface area contributed by atoms with E-state index in [-0.39, 0.29) is 24.9 Å². The van der Waals surface area contributed by atoms with Gasteiger partial charge in [0.05, 0.1) is 6.04 Å². The topological polar surface area (TPSA) is 139 Å². The molecule has 1 aromatic heterocycles. The van der Waals surface area contributed by atoms with Crippen LogP contribution in [0, 0.1) is 0 Å². The molecule has 1 atom stereocenters. The zero-order chi connectivity index (χ0) is 18.8. The summed E-state index contributed by atoms with van der Waals surface area (Å²) >= 11 is 0. The highest BCUT2D eigenvalue weighted by molar-refractivity contribution is 6.40. The number of aromatic nitrogens is 4. The molecule has 1 heterocycles. The predicted molar refractivity (Wildman–Crippen MR) is 104 cm³/mol. The summed E-state index contributed by atoms with van der Waals surface area (Å²) in [5, 5.41) is 31.9. The molecular weight excluding hydrogens is 370 g/mol. The fraction of sp³-hybridized carbons (Fsp3) is 0.500. The first kappa shape index (κ1) is 23.0. The van der Waals surface area contributed by atoms with Gasteiger partial charge in [-0.3, -0.25) is 4.79 Å². The quantitative estimate of drug-likeness (QED) is 0.312. The van der Waals surface area contributed by atoms with Crippen LogP contribution in [0.15, 0.2) is 30.3 Å². The Balaban J connectivity index is 0.00000364. The van der Waals surface area contributed by atoms with Gasteiger partial charge in [0.1, 0.15) is 6.54 Å². The van der Waals surface area contributed by atoms with E-state index in [9.17, 15) is 4.79 Å². The van der Waals surface area contributed by atoms with Crippen LogP contribution in [0.25, 0.3) is 0 Å². The number of nitrogens with one attached hydrogen (secondary N) is 1. The number of amides is 1. The number of halogens is 1. The second kappa shape index (κ2) is 12.4. The number of tetrazole rings is 1. The first-order valence-electron chi connectivity index (χ1n) is 8.74. The summed E-state index contributed by atoms with van der Waals surface area (Å²) in [7, 11) is -1.30. The Morgan fingerprint density at radius 3 is 2.70 bits per heavy atom. The Bertz CT molecular complexity index is 673. The van der Waals surface area contributed by atoms with Crippen LogP contribution in [0.5, 0.6) is 0 Å². The minimum absolute atomic E-state index is 0. The van der Waals surface area contributed by atoms with Crippen molar-refractivity contribution in [2.45, 2.75) is 44.6 Å². The van der Waals surface area contributed by atoms with Gasteiger partial charge in [-0.15, -0.1) is 17.5 Å². The van der Waals surface area contributed by atoms with Crippen LogP contribution in [-0.2, 0) is 17.8 Å². The molecule has 0 saturated carbocycles. The Hall–Kier alpha value is -2.01. The number of carbonyl (C=O) groups is 1. The van der Waals surface area contributed by atoms with Gasteiger partial charge in [-0.05, 0) is 35.2 Å². The lowest BCUT2D eigenvalue weighted by atomic mass is 9.83. The maximum absolute atomic E-state index is 12.1. The minimum atomic E-state index is -1.30. The minimum Gasteiger partial charge on any atom is -0.427 e. The average molecular weight is 397 g/mol. The molecule has 0 aliphatic heterocycles. The molecule has 1 unspecified atom stereocenters. The first-order valence-corrected chi connectivity index (χ1v) is 8.74. The number of unbranched alkanes of at least 4 members (excludes halogenated alkanes) is 1. The maximum atomic E-state index is 12.1. The monoisotopic (exact) mass is 396 g/mol. The van der Waals surface area contributed by atoms with E-state index in [0.29, 0.717) is 31.5 Å². The zero-order valence-electron chi connectivity index (χ0n) is 15.1. The third-order valence-corrected chi connectivity index (χ3v) is 3.99. The molecule has 0 aliphatic carbocycles. The second-order valence-corrected chi connectivity index (χ2v) is 6.15. The van der Waals surface area contributed by atoms with Crippen LogP contribution in [0.4, 0.5) is 0 Å². The standard InChI is InChI=1S/C16H25BN6O3.ClH/c18-14(8-4-5-10-17(25)26)16-20-21-22-23(16)12-15(24)19-11-9-13-6-2-1-3-7-13;/h1-3,6-7,14,25-26H,4-5,8-12,18H2,(H,19,24);1H. The summed E-state index contributed by atoms with van der Waals surface area (Å²) in [5.41, 5.74) is 7.25. The second-order valence-electron chi connectivity index (χ2n) is 6.15. The van der Waals surface area contributed by atoms with E-state index in [0.717, 1.165) is 18.4 Å². The highest BCUT2D eigenvalue weighted by atomic mass is 35.5. The summed E-state index contributed by atoms with van der Waals surface area (Å²) in [5.74, 6) is 0.276. The van der Waals surface area contributed by atoms with Crippen LogP contribution >= 0.6 is 12.4 Å². The first-order chi connectivity index (χ1) is 12.6. The van der Waals surface area contributed by atoms with Gasteiger partial charge in [-0.2, -0.15) is 0 Å². The van der Waals surface area contributed by atoms with Gasteiger partial charge in [0, 0.05) is 6.54 Å². The molecule has 0 spiro atoms. The smallest absolute Gasteiger partial charge is 0.427 e. The summed E-state index contributed by atoms with van der Waals surface area (Å²) in [4.78, 5) is 12.1. The van der Waals surface area contributed by atoms with E-state index in [1.54, 1.807) is 0 Å². The maximum Gasteiger partial charge on any atom is 0.451 e. The van der Waals surface area contributed by atoms with Crippen LogP contribution in [0.3, 0.4) is 0 Å². The molecule has 9 nitrogen and oxygen atoms in total. The lowest BCUT2D eigenvalue weighted by Gasteiger charge is -2.11. The Morgan fingerprint density at radius 1 is 1.26 bits per heavy atom. The molecular formula is C16H26BClN6O3. The molecule has 27 heavy (non-hydrogen) atoms. The Morgan fingerprint density at radius 2 is 2.00 bits per heavy atom. The van der Waals surface area contributed by atoms with Crippen LogP contribution < -0.4 is 11.1 Å². The molecule has 0 radical (unpaired) electrons. The molecule has 11 heteroatoms. The molecule has 1 amide bonds. The van der Waals surface area contributed by atoms with Crippen LogP contribution in [0.2, 0.25) is 6.32 Å². The Kier molecular flexibility index (Phi) is 10.6. The fourth-order valence-electron chi connectivity index (χ4n) is 2.59. The van der Waals surface area contributed by atoms with Gasteiger partial charge in [0.25, 0.3) is 0 Å². The fourth-order valence-corrected chi connectivity index (χ4v) is 2.59. The number of rotatable bonds is 11. The van der Waals surface area contributed by atoms with E-state index in [2.05, 4.69) is 20.8 Å². The summed E-state index contributed by atoms with van der Waals surface area (Å²) < 4.78 is 1.41. The van der Waals surface area contributed by atoms with Crippen LogP contribution in [0.1, 0.15) is 36.7 Å². The van der Waals surface area contributed by atoms with Gasteiger partial charge in [-0.1, -0.05) is 43.2 Å². The lowest BCUT2D eigenvalue weighted by Crippen LogP contribution is -2.31. The van der Waals surface area contributed by atoms with Crippen molar-refractivity contribution in [3.8, 4) is 0 Å². The van der Waals surface area contributed by atoms with Gasteiger partial charge in [-0.25, -0.2) is 4.68 Å². The molecule has 0 bridgehead atoms. The van der Waals surface area contributed by atoms with E-state index in [1.165, 1.54) is 4.68 Å². The summed E-state index contributed by atoms with van der Waals surface area (Å²) in [6.45, 7) is 0.552. The number of hydrogen-bond acceptors (Lipinski definition) is 7. The molecule has 1 aromatic carbocycles. The molecule has 2 aromatic rings. The predicted octanol–water partition coefficient (Wildman–Crippen LogP) is 0.0967.